The van der Waals surface area contributed by atoms with E-state index in [1.807, 2.05) is 66.7 Å². The van der Waals surface area contributed by atoms with Crippen molar-refractivity contribution in [2.45, 2.75) is 19.3 Å². The molecule has 1 aromatic heterocycles. The van der Waals surface area contributed by atoms with Crippen LogP contribution in [-0.4, -0.2) is 15.0 Å². The number of rotatable bonds is 6. The number of aromatic nitrogens is 3. The average Bonchev–Trinajstić information content (AvgIpc) is 3.51. The Morgan fingerprint density at radius 3 is 1.35 bits per heavy atom. The molecule has 0 saturated carbocycles. The lowest BCUT2D eigenvalue weighted by molar-refractivity contribution is 0.660. The number of nitriles is 1. The zero-order valence-electron chi connectivity index (χ0n) is 31.6. The molecule has 4 heteroatoms. The molecular weight excluding hydrogens is 693 g/mol. The van der Waals surface area contributed by atoms with E-state index in [-0.39, 0.29) is 5.41 Å². The second-order valence-electron chi connectivity index (χ2n) is 15.2. The molecule has 0 saturated heterocycles. The fourth-order valence-electron chi connectivity index (χ4n) is 8.38. The van der Waals surface area contributed by atoms with Crippen molar-refractivity contribution in [1.29, 1.82) is 5.26 Å². The third-order valence-electron chi connectivity index (χ3n) is 11.4. The fourth-order valence-corrected chi connectivity index (χ4v) is 8.38. The van der Waals surface area contributed by atoms with Crippen molar-refractivity contribution in [3.63, 3.8) is 0 Å². The van der Waals surface area contributed by atoms with Crippen LogP contribution in [0.4, 0.5) is 0 Å². The van der Waals surface area contributed by atoms with Crippen LogP contribution in [0.15, 0.2) is 182 Å². The number of nitrogens with zero attached hydrogens (tertiary/aromatic N) is 4. The molecule has 0 radical (unpaired) electrons. The molecule has 9 aromatic rings. The highest BCUT2D eigenvalue weighted by Gasteiger charge is 2.37. The van der Waals surface area contributed by atoms with E-state index >= 15 is 0 Å². The normalized spacial score (nSPS) is 12.5. The Balaban J connectivity index is 1.04. The summed E-state index contributed by atoms with van der Waals surface area (Å²) in [6.07, 6.45) is 0. The van der Waals surface area contributed by atoms with Gasteiger partial charge in [-0.25, -0.2) is 15.0 Å². The molecule has 10 rings (SSSR count). The van der Waals surface area contributed by atoms with Gasteiger partial charge in [0.25, 0.3) is 0 Å². The fraction of sp³-hybridized carbons (Fsp3) is 0.0566. The second-order valence-corrected chi connectivity index (χ2v) is 15.2. The summed E-state index contributed by atoms with van der Waals surface area (Å²) in [7, 11) is 0. The molecule has 0 aliphatic heterocycles. The molecule has 0 unspecified atom stereocenters. The van der Waals surface area contributed by atoms with Gasteiger partial charge in [0.05, 0.1) is 11.6 Å². The molecule has 57 heavy (non-hydrogen) atoms. The molecule has 0 bridgehead atoms. The van der Waals surface area contributed by atoms with Crippen LogP contribution in [0.25, 0.3) is 89.4 Å². The van der Waals surface area contributed by atoms with Crippen molar-refractivity contribution in [1.82, 2.24) is 15.0 Å². The van der Waals surface area contributed by atoms with Gasteiger partial charge in [0.1, 0.15) is 0 Å². The first-order chi connectivity index (χ1) is 27.9. The van der Waals surface area contributed by atoms with Gasteiger partial charge in [-0.1, -0.05) is 172 Å². The van der Waals surface area contributed by atoms with Gasteiger partial charge in [-0.15, -0.1) is 0 Å². The molecule has 268 valence electrons. The first-order valence-electron chi connectivity index (χ1n) is 19.2. The standard InChI is InChI=1S/C53H36N4/c1-53(2)47-19-11-18-43(49(47)44-29-20-34(33-54)30-48(44)53)35-21-23-36(24-22-35)45-31-41-16-9-10-17-42(41)32-46(45)37-25-27-40(28-26-37)52-56-50(38-12-5-3-6-13-38)55-51(57-52)39-14-7-4-8-15-39/h3-32H,1-2H3. The third kappa shape index (κ3) is 5.98. The maximum absolute atomic E-state index is 9.65. The van der Waals surface area contributed by atoms with Crippen molar-refractivity contribution >= 4 is 10.8 Å². The van der Waals surface area contributed by atoms with Gasteiger partial charge in [0.15, 0.2) is 17.5 Å². The Kier molecular flexibility index (Phi) is 8.17. The second kappa shape index (κ2) is 13.7. The number of fused-ring (bicyclic) bond motifs is 4. The predicted molar refractivity (Wildman–Crippen MR) is 232 cm³/mol. The number of benzene rings is 8. The summed E-state index contributed by atoms with van der Waals surface area (Å²) in [6, 6.07) is 65.9. The van der Waals surface area contributed by atoms with Crippen molar-refractivity contribution in [2.24, 2.45) is 0 Å². The Bertz CT molecular complexity index is 2960. The molecule has 0 amide bonds. The van der Waals surface area contributed by atoms with Gasteiger partial charge in [-0.05, 0) is 90.7 Å². The van der Waals surface area contributed by atoms with Gasteiger partial charge >= 0.3 is 0 Å². The lowest BCUT2D eigenvalue weighted by Gasteiger charge is -2.21. The third-order valence-corrected chi connectivity index (χ3v) is 11.4. The van der Waals surface area contributed by atoms with Gasteiger partial charge in [0, 0.05) is 22.1 Å². The summed E-state index contributed by atoms with van der Waals surface area (Å²) in [4.78, 5) is 14.8. The van der Waals surface area contributed by atoms with Crippen LogP contribution < -0.4 is 0 Å². The zero-order chi connectivity index (χ0) is 38.5. The lowest BCUT2D eigenvalue weighted by Crippen LogP contribution is -2.15. The minimum absolute atomic E-state index is 0.194. The van der Waals surface area contributed by atoms with Gasteiger partial charge in [-0.2, -0.15) is 5.26 Å². The monoisotopic (exact) mass is 728 g/mol. The average molecular weight is 729 g/mol. The Labute approximate surface area is 332 Å². The quantitative estimate of drug-likeness (QED) is 0.171. The van der Waals surface area contributed by atoms with E-state index in [1.165, 1.54) is 44.2 Å². The first kappa shape index (κ1) is 34.0. The molecule has 1 aliphatic carbocycles. The predicted octanol–water partition coefficient (Wildman–Crippen LogP) is 13.2. The van der Waals surface area contributed by atoms with Gasteiger partial charge < -0.3 is 0 Å². The summed E-state index contributed by atoms with van der Waals surface area (Å²) in [5.74, 6) is 1.92. The largest absolute Gasteiger partial charge is 0.208 e. The zero-order valence-corrected chi connectivity index (χ0v) is 31.6. The van der Waals surface area contributed by atoms with Crippen molar-refractivity contribution < 1.29 is 0 Å². The Morgan fingerprint density at radius 1 is 0.386 bits per heavy atom. The minimum atomic E-state index is -0.194. The van der Waals surface area contributed by atoms with E-state index in [0.29, 0.717) is 23.0 Å². The summed E-state index contributed by atoms with van der Waals surface area (Å²) in [6.45, 7) is 4.51. The van der Waals surface area contributed by atoms with Crippen LogP contribution in [0.1, 0.15) is 30.5 Å². The van der Waals surface area contributed by atoms with E-state index in [4.69, 9.17) is 15.0 Å². The van der Waals surface area contributed by atoms with Gasteiger partial charge in [0.2, 0.25) is 0 Å². The number of hydrogen-bond donors (Lipinski definition) is 0. The highest BCUT2D eigenvalue weighted by Crippen LogP contribution is 2.52. The first-order valence-corrected chi connectivity index (χ1v) is 19.2. The smallest absolute Gasteiger partial charge is 0.164 e. The van der Waals surface area contributed by atoms with Crippen LogP contribution >= 0.6 is 0 Å². The highest BCUT2D eigenvalue weighted by atomic mass is 15.0. The van der Waals surface area contributed by atoms with Crippen LogP contribution in [0, 0.1) is 11.3 Å². The lowest BCUT2D eigenvalue weighted by atomic mass is 9.81. The van der Waals surface area contributed by atoms with Crippen molar-refractivity contribution in [2.75, 3.05) is 0 Å². The van der Waals surface area contributed by atoms with Crippen LogP contribution in [0.3, 0.4) is 0 Å². The summed E-state index contributed by atoms with van der Waals surface area (Å²) >= 11 is 0. The molecule has 1 aliphatic rings. The maximum atomic E-state index is 9.65. The molecule has 4 nitrogen and oxygen atoms in total. The minimum Gasteiger partial charge on any atom is -0.208 e. The van der Waals surface area contributed by atoms with Crippen LogP contribution in [0.2, 0.25) is 0 Å². The van der Waals surface area contributed by atoms with Gasteiger partial charge in [-0.3, -0.25) is 0 Å². The van der Waals surface area contributed by atoms with E-state index in [1.54, 1.807) is 0 Å². The van der Waals surface area contributed by atoms with Crippen molar-refractivity contribution in [3.8, 4) is 84.7 Å². The molecular formula is C53H36N4. The summed E-state index contributed by atoms with van der Waals surface area (Å²) in [5.41, 5.74) is 15.2. The SMILES string of the molecule is CC1(C)c2cc(C#N)ccc2-c2c(-c3ccc(-c4cc5ccccc5cc4-c4ccc(-c5nc(-c6ccccc6)nc(-c6ccccc6)n5)cc4)cc3)cccc21. The van der Waals surface area contributed by atoms with Crippen LogP contribution in [0.5, 0.6) is 0 Å². The summed E-state index contributed by atoms with van der Waals surface area (Å²) < 4.78 is 0. The molecule has 8 aromatic carbocycles. The Morgan fingerprint density at radius 2 is 0.842 bits per heavy atom. The summed E-state index contributed by atoms with van der Waals surface area (Å²) in [5, 5.41) is 12.0. The van der Waals surface area contributed by atoms with Crippen molar-refractivity contribution in [3.05, 3.63) is 199 Å². The maximum Gasteiger partial charge on any atom is 0.164 e. The van der Waals surface area contributed by atoms with E-state index < -0.39 is 0 Å². The van der Waals surface area contributed by atoms with E-state index in [9.17, 15) is 5.26 Å². The van der Waals surface area contributed by atoms with E-state index in [0.717, 1.165) is 38.9 Å². The van der Waals surface area contributed by atoms with Crippen LogP contribution in [-0.2, 0) is 5.41 Å². The molecule has 0 spiro atoms. The van der Waals surface area contributed by atoms with E-state index in [2.05, 4.69) is 135 Å². The highest BCUT2D eigenvalue weighted by molar-refractivity contribution is 5.98. The molecule has 1 heterocycles. The molecule has 0 atom stereocenters. The molecule has 0 N–H and O–H groups in total. The Hall–Kier alpha value is -7.48. The topological polar surface area (TPSA) is 62.5 Å². The number of hydrogen-bond acceptors (Lipinski definition) is 4. The molecule has 0 fully saturated rings.